The van der Waals surface area contributed by atoms with Crippen LogP contribution in [0.15, 0.2) is 0 Å². The highest BCUT2D eigenvalue weighted by Gasteiger charge is 2.22. The molecule has 0 aliphatic rings. The van der Waals surface area contributed by atoms with Gasteiger partial charge in [0.1, 0.15) is 11.6 Å². The van der Waals surface area contributed by atoms with Gasteiger partial charge in [0.25, 0.3) is 0 Å². The predicted octanol–water partition coefficient (Wildman–Crippen LogP) is 3.30. The van der Waals surface area contributed by atoms with Crippen molar-refractivity contribution in [3.63, 3.8) is 0 Å². The van der Waals surface area contributed by atoms with E-state index in [0.717, 1.165) is 23.8 Å². The maximum Gasteiger partial charge on any atom is 0.222 e. The summed E-state index contributed by atoms with van der Waals surface area (Å²) in [6.07, 6.45) is 0.112. The molecule has 4 heteroatoms. The van der Waals surface area contributed by atoms with Gasteiger partial charge in [-0.2, -0.15) is 4.98 Å². The first-order chi connectivity index (χ1) is 8.25. The van der Waals surface area contributed by atoms with Crippen LogP contribution in [0.1, 0.15) is 52.9 Å². The van der Waals surface area contributed by atoms with Crippen LogP contribution in [0.2, 0.25) is 0 Å². The van der Waals surface area contributed by atoms with E-state index in [0.29, 0.717) is 5.88 Å². The van der Waals surface area contributed by atoms with Gasteiger partial charge in [-0.3, -0.25) is 0 Å². The SMILES string of the molecule is CCNc1nc(C(C)(C)C)nc(OC(C)C)c1C. The molecule has 0 saturated heterocycles. The number of hydrogen-bond acceptors (Lipinski definition) is 4. The number of hydrogen-bond donors (Lipinski definition) is 1. The zero-order valence-corrected chi connectivity index (χ0v) is 12.6. The van der Waals surface area contributed by atoms with Gasteiger partial charge >= 0.3 is 0 Å². The van der Waals surface area contributed by atoms with E-state index in [-0.39, 0.29) is 11.5 Å². The molecule has 1 N–H and O–H groups in total. The lowest BCUT2D eigenvalue weighted by Crippen LogP contribution is -2.20. The number of rotatable bonds is 4. The van der Waals surface area contributed by atoms with E-state index in [9.17, 15) is 0 Å². The monoisotopic (exact) mass is 251 g/mol. The Bertz CT molecular complexity index is 408. The quantitative estimate of drug-likeness (QED) is 0.892. The molecule has 0 atom stereocenters. The van der Waals surface area contributed by atoms with Crippen LogP contribution >= 0.6 is 0 Å². The summed E-state index contributed by atoms with van der Waals surface area (Å²) >= 11 is 0. The smallest absolute Gasteiger partial charge is 0.222 e. The highest BCUT2D eigenvalue weighted by molar-refractivity contribution is 5.49. The minimum atomic E-state index is -0.0903. The van der Waals surface area contributed by atoms with Gasteiger partial charge in [0.2, 0.25) is 5.88 Å². The topological polar surface area (TPSA) is 47.0 Å². The molecule has 0 bridgehead atoms. The Labute approximate surface area is 110 Å². The van der Waals surface area contributed by atoms with E-state index in [1.165, 1.54) is 0 Å². The normalized spacial score (nSPS) is 11.8. The Kier molecular flexibility index (Phi) is 4.54. The Morgan fingerprint density at radius 3 is 2.28 bits per heavy atom. The van der Waals surface area contributed by atoms with E-state index in [1.807, 2.05) is 20.8 Å². The molecular weight excluding hydrogens is 226 g/mol. The molecular formula is C14H25N3O. The van der Waals surface area contributed by atoms with Gasteiger partial charge in [0, 0.05) is 12.0 Å². The highest BCUT2D eigenvalue weighted by atomic mass is 16.5. The van der Waals surface area contributed by atoms with Crippen LogP contribution in [-0.2, 0) is 5.41 Å². The lowest BCUT2D eigenvalue weighted by Gasteiger charge is -2.21. The molecule has 0 fully saturated rings. The fourth-order valence-corrected chi connectivity index (χ4v) is 1.51. The van der Waals surface area contributed by atoms with Crippen LogP contribution in [-0.4, -0.2) is 22.6 Å². The van der Waals surface area contributed by atoms with E-state index in [2.05, 4.69) is 43.0 Å². The molecule has 0 aliphatic heterocycles. The van der Waals surface area contributed by atoms with E-state index in [1.54, 1.807) is 0 Å². The van der Waals surface area contributed by atoms with Crippen LogP contribution in [0.25, 0.3) is 0 Å². The van der Waals surface area contributed by atoms with Crippen molar-refractivity contribution in [3.05, 3.63) is 11.4 Å². The molecule has 0 radical (unpaired) electrons. The van der Waals surface area contributed by atoms with Crippen molar-refractivity contribution in [2.45, 2.75) is 60.0 Å². The van der Waals surface area contributed by atoms with Crippen molar-refractivity contribution in [1.82, 2.24) is 9.97 Å². The fourth-order valence-electron chi connectivity index (χ4n) is 1.51. The first-order valence-corrected chi connectivity index (χ1v) is 6.55. The number of anilines is 1. The molecule has 0 amide bonds. The Hall–Kier alpha value is -1.32. The third kappa shape index (κ3) is 3.59. The maximum absolute atomic E-state index is 5.78. The molecule has 0 unspecified atom stereocenters. The largest absolute Gasteiger partial charge is 0.475 e. The van der Waals surface area contributed by atoms with Crippen molar-refractivity contribution in [2.75, 3.05) is 11.9 Å². The summed E-state index contributed by atoms with van der Waals surface area (Å²) in [4.78, 5) is 9.15. The molecule has 18 heavy (non-hydrogen) atoms. The molecule has 0 saturated carbocycles. The van der Waals surface area contributed by atoms with Crippen LogP contribution in [0, 0.1) is 6.92 Å². The summed E-state index contributed by atoms with van der Waals surface area (Å²) in [6.45, 7) is 15.2. The minimum Gasteiger partial charge on any atom is -0.475 e. The fraction of sp³-hybridized carbons (Fsp3) is 0.714. The maximum atomic E-state index is 5.78. The first kappa shape index (κ1) is 14.7. The summed E-state index contributed by atoms with van der Waals surface area (Å²) in [5.74, 6) is 2.36. The van der Waals surface area contributed by atoms with Gasteiger partial charge in [-0.05, 0) is 27.7 Å². The second-order valence-corrected chi connectivity index (χ2v) is 5.77. The van der Waals surface area contributed by atoms with Gasteiger partial charge in [0.05, 0.1) is 11.7 Å². The lowest BCUT2D eigenvalue weighted by molar-refractivity contribution is 0.228. The van der Waals surface area contributed by atoms with Gasteiger partial charge in [-0.15, -0.1) is 0 Å². The predicted molar refractivity (Wildman–Crippen MR) is 75.4 cm³/mol. The number of ether oxygens (including phenoxy) is 1. The van der Waals surface area contributed by atoms with Gasteiger partial charge < -0.3 is 10.1 Å². The molecule has 0 aliphatic carbocycles. The zero-order valence-electron chi connectivity index (χ0n) is 12.6. The summed E-state index contributed by atoms with van der Waals surface area (Å²) in [7, 11) is 0. The molecule has 1 rings (SSSR count). The van der Waals surface area contributed by atoms with Gasteiger partial charge in [0.15, 0.2) is 0 Å². The minimum absolute atomic E-state index is 0.0903. The number of nitrogens with one attached hydrogen (secondary N) is 1. The highest BCUT2D eigenvalue weighted by Crippen LogP contribution is 2.28. The van der Waals surface area contributed by atoms with Gasteiger partial charge in [-0.25, -0.2) is 4.98 Å². The van der Waals surface area contributed by atoms with Crippen molar-refractivity contribution in [2.24, 2.45) is 0 Å². The molecule has 0 aromatic carbocycles. The Morgan fingerprint density at radius 2 is 1.83 bits per heavy atom. The van der Waals surface area contributed by atoms with E-state index >= 15 is 0 Å². The third-order valence-corrected chi connectivity index (χ3v) is 2.46. The summed E-state index contributed by atoms with van der Waals surface area (Å²) < 4.78 is 5.78. The average Bonchev–Trinajstić information content (AvgIpc) is 2.21. The standard InChI is InChI=1S/C14H25N3O/c1-8-15-11-10(4)12(18-9(2)3)17-13(16-11)14(5,6)7/h9H,8H2,1-7H3,(H,15,16,17). The van der Waals surface area contributed by atoms with Crippen LogP contribution < -0.4 is 10.1 Å². The molecule has 1 aromatic rings. The van der Waals surface area contributed by atoms with E-state index in [4.69, 9.17) is 4.74 Å². The van der Waals surface area contributed by atoms with Crippen LogP contribution in [0.3, 0.4) is 0 Å². The van der Waals surface area contributed by atoms with Crippen molar-refractivity contribution < 1.29 is 4.74 Å². The lowest BCUT2D eigenvalue weighted by atomic mass is 9.95. The van der Waals surface area contributed by atoms with Crippen molar-refractivity contribution >= 4 is 5.82 Å². The van der Waals surface area contributed by atoms with Crippen molar-refractivity contribution in [1.29, 1.82) is 0 Å². The second kappa shape index (κ2) is 5.55. The van der Waals surface area contributed by atoms with Crippen LogP contribution in [0.5, 0.6) is 5.88 Å². The molecule has 1 heterocycles. The average molecular weight is 251 g/mol. The second-order valence-electron chi connectivity index (χ2n) is 5.77. The number of nitrogens with zero attached hydrogens (tertiary/aromatic N) is 2. The van der Waals surface area contributed by atoms with Gasteiger partial charge in [-0.1, -0.05) is 20.8 Å². The third-order valence-electron chi connectivity index (χ3n) is 2.46. The summed E-state index contributed by atoms with van der Waals surface area (Å²) in [5, 5.41) is 3.27. The van der Waals surface area contributed by atoms with Crippen molar-refractivity contribution in [3.8, 4) is 5.88 Å². The molecule has 1 aromatic heterocycles. The Balaban J connectivity index is 3.27. The zero-order chi connectivity index (χ0) is 13.9. The van der Waals surface area contributed by atoms with Crippen LogP contribution in [0.4, 0.5) is 5.82 Å². The number of aromatic nitrogens is 2. The summed E-state index contributed by atoms with van der Waals surface area (Å²) in [6, 6.07) is 0. The first-order valence-electron chi connectivity index (χ1n) is 6.55. The van der Waals surface area contributed by atoms with E-state index < -0.39 is 0 Å². The molecule has 102 valence electrons. The molecule has 4 nitrogen and oxygen atoms in total. The molecule has 0 spiro atoms. The summed E-state index contributed by atoms with van der Waals surface area (Å²) in [5.41, 5.74) is 0.881. The Morgan fingerprint density at radius 1 is 1.22 bits per heavy atom.